The Bertz CT molecular complexity index is 1370. The Morgan fingerprint density at radius 1 is 1.18 bits per heavy atom. The van der Waals surface area contributed by atoms with Crippen LogP contribution in [0.15, 0.2) is 18.3 Å². The molecule has 2 aliphatic heterocycles. The number of aryl methyl sites for hydroxylation is 1. The van der Waals surface area contributed by atoms with E-state index in [4.69, 9.17) is 26.1 Å². The summed E-state index contributed by atoms with van der Waals surface area (Å²) >= 11 is 0. The van der Waals surface area contributed by atoms with Crippen molar-refractivity contribution >= 4 is 28.9 Å². The van der Waals surface area contributed by atoms with Crippen molar-refractivity contribution in [3.63, 3.8) is 0 Å². The van der Waals surface area contributed by atoms with E-state index >= 15 is 0 Å². The molecule has 200 valence electrons. The summed E-state index contributed by atoms with van der Waals surface area (Å²) in [5.74, 6) is 0.790. The van der Waals surface area contributed by atoms with Crippen molar-refractivity contribution in [1.29, 1.82) is 0 Å². The Morgan fingerprint density at radius 2 is 2.03 bits per heavy atom. The number of piperidine rings is 1. The molecule has 0 aliphatic carbocycles. The molecule has 11 nitrogen and oxygen atoms in total. The van der Waals surface area contributed by atoms with E-state index in [-0.39, 0.29) is 18.4 Å². The molecule has 2 saturated heterocycles. The molecule has 0 radical (unpaired) electrons. The zero-order valence-electron chi connectivity index (χ0n) is 22.4. The van der Waals surface area contributed by atoms with Crippen molar-refractivity contribution in [3.05, 3.63) is 35.3 Å². The number of ether oxygens (including phenoxy) is 2. The number of carbonyl (C=O) groups excluding carboxylic acids is 1. The summed E-state index contributed by atoms with van der Waals surface area (Å²) in [6, 6.07) is 3.58. The van der Waals surface area contributed by atoms with Crippen molar-refractivity contribution in [2.75, 3.05) is 25.0 Å². The fourth-order valence-electron chi connectivity index (χ4n) is 4.88. The van der Waals surface area contributed by atoms with E-state index < -0.39 is 5.60 Å². The number of carbonyl (C=O) groups is 1. The van der Waals surface area contributed by atoms with E-state index in [1.807, 2.05) is 33.8 Å². The average molecular weight is 519 g/mol. The Kier molecular flexibility index (Phi) is 7.17. The number of likely N-dealkylation sites (tertiary alicyclic amines) is 1. The zero-order valence-corrected chi connectivity index (χ0v) is 22.4. The Morgan fingerprint density at radius 3 is 2.76 bits per heavy atom. The van der Waals surface area contributed by atoms with Crippen LogP contribution < -0.4 is 5.32 Å². The lowest BCUT2D eigenvalue weighted by Crippen LogP contribution is -2.47. The van der Waals surface area contributed by atoms with Gasteiger partial charge in [0.05, 0.1) is 11.1 Å². The van der Waals surface area contributed by atoms with E-state index in [0.717, 1.165) is 43.1 Å². The van der Waals surface area contributed by atoms with Crippen molar-refractivity contribution in [1.82, 2.24) is 29.6 Å². The van der Waals surface area contributed by atoms with Gasteiger partial charge in [0.15, 0.2) is 6.23 Å². The van der Waals surface area contributed by atoms with E-state index in [1.165, 1.54) is 0 Å². The zero-order chi connectivity index (χ0) is 26.9. The van der Waals surface area contributed by atoms with Crippen LogP contribution in [0.5, 0.6) is 0 Å². The molecule has 3 aromatic heterocycles. The van der Waals surface area contributed by atoms with Gasteiger partial charge in [-0.15, -0.1) is 0 Å². The first-order chi connectivity index (χ1) is 18.2. The smallest absolute Gasteiger partial charge is 0.410 e. The van der Waals surface area contributed by atoms with Gasteiger partial charge in [-0.05, 0) is 71.4 Å². The number of rotatable bonds is 4. The van der Waals surface area contributed by atoms with Crippen molar-refractivity contribution in [2.24, 2.45) is 0 Å². The molecule has 5 rings (SSSR count). The van der Waals surface area contributed by atoms with E-state index in [0.29, 0.717) is 48.5 Å². The molecule has 11 heteroatoms. The molecule has 1 unspecified atom stereocenters. The number of amides is 1. The number of anilines is 1. The first-order valence-corrected chi connectivity index (χ1v) is 13.2. The monoisotopic (exact) mass is 518 g/mol. The average Bonchev–Trinajstić information content (AvgIpc) is 3.28. The molecule has 0 spiro atoms. The van der Waals surface area contributed by atoms with Gasteiger partial charge in [-0.1, -0.05) is 17.6 Å². The second-order valence-corrected chi connectivity index (χ2v) is 10.9. The summed E-state index contributed by atoms with van der Waals surface area (Å²) in [6.07, 6.45) is 5.92. The second-order valence-electron chi connectivity index (χ2n) is 10.9. The lowest BCUT2D eigenvalue weighted by atomic mass is 10.1. The van der Waals surface area contributed by atoms with Gasteiger partial charge in [0.25, 0.3) is 11.5 Å². The Labute approximate surface area is 222 Å². The quantitative estimate of drug-likeness (QED) is 0.466. The summed E-state index contributed by atoms with van der Waals surface area (Å²) in [5.41, 5.74) is 2.33. The van der Waals surface area contributed by atoms with Crippen LogP contribution in [-0.2, 0) is 9.47 Å². The molecule has 1 amide bonds. The van der Waals surface area contributed by atoms with Gasteiger partial charge in [0, 0.05) is 31.9 Å². The van der Waals surface area contributed by atoms with E-state index in [2.05, 4.69) is 20.1 Å². The van der Waals surface area contributed by atoms with Gasteiger partial charge in [-0.25, -0.2) is 14.8 Å². The van der Waals surface area contributed by atoms with Crippen LogP contribution in [0.2, 0.25) is 0 Å². The molecule has 0 saturated carbocycles. The molecular weight excluding hydrogens is 484 g/mol. The summed E-state index contributed by atoms with van der Waals surface area (Å²) in [6.45, 7) is 16.8. The summed E-state index contributed by atoms with van der Waals surface area (Å²) in [7, 11) is 0. The topological polar surface area (TPSA) is 112 Å². The summed E-state index contributed by atoms with van der Waals surface area (Å²) in [5, 5.41) is 9.14. The molecule has 5 heterocycles. The maximum Gasteiger partial charge on any atom is 0.410 e. The van der Waals surface area contributed by atoms with Crippen LogP contribution in [0.4, 0.5) is 16.6 Å². The second kappa shape index (κ2) is 10.5. The molecule has 0 aromatic carbocycles. The third-order valence-corrected chi connectivity index (χ3v) is 6.69. The van der Waals surface area contributed by atoms with Crippen LogP contribution in [0.3, 0.4) is 0 Å². The Hall–Kier alpha value is -3.78. The standard InChI is InChI=1S/C27H34N8O3/c1-17-15-29-25(30-18-9-8-13-34(16-18)26(36)38-27(2,3)4)32-22(17)23-19-11-12-20(28-5)31-24(19)35(33-23)21-10-6-7-14-37-21/h11-12,15,18,21H,6-10,13-14,16H2,1-4H3,(H,29,30,32)/t18-,21?/m0/s1. The van der Waals surface area contributed by atoms with Gasteiger partial charge in [-0.2, -0.15) is 9.78 Å². The maximum absolute atomic E-state index is 12.6. The Balaban J connectivity index is 1.43. The van der Waals surface area contributed by atoms with Gasteiger partial charge >= 0.3 is 6.09 Å². The van der Waals surface area contributed by atoms with Crippen LogP contribution in [0.25, 0.3) is 27.3 Å². The summed E-state index contributed by atoms with van der Waals surface area (Å²) < 4.78 is 13.4. The molecule has 0 bridgehead atoms. The van der Waals surface area contributed by atoms with Crippen LogP contribution >= 0.6 is 0 Å². The highest BCUT2D eigenvalue weighted by molar-refractivity contribution is 5.92. The number of hydrogen-bond donors (Lipinski definition) is 1. The normalized spacial score (nSPS) is 20.2. The highest BCUT2D eigenvalue weighted by Crippen LogP contribution is 2.34. The minimum absolute atomic E-state index is 0.000319. The molecule has 2 aliphatic rings. The first-order valence-electron chi connectivity index (χ1n) is 13.2. The van der Waals surface area contributed by atoms with Gasteiger partial charge in [0.1, 0.15) is 11.3 Å². The predicted molar refractivity (Wildman–Crippen MR) is 143 cm³/mol. The fraction of sp³-hybridized carbons (Fsp3) is 0.556. The van der Waals surface area contributed by atoms with E-state index in [1.54, 1.807) is 21.8 Å². The van der Waals surface area contributed by atoms with Crippen molar-refractivity contribution in [3.8, 4) is 11.4 Å². The number of hydrogen-bond acceptors (Lipinski definition) is 8. The van der Waals surface area contributed by atoms with E-state index in [9.17, 15) is 4.79 Å². The minimum Gasteiger partial charge on any atom is -0.444 e. The number of fused-ring (bicyclic) bond motifs is 1. The molecule has 1 N–H and O–H groups in total. The minimum atomic E-state index is -0.536. The highest BCUT2D eigenvalue weighted by Gasteiger charge is 2.29. The molecule has 2 fully saturated rings. The predicted octanol–water partition coefficient (Wildman–Crippen LogP) is 5.26. The first kappa shape index (κ1) is 25.9. The SMILES string of the molecule is [C-]#[N+]c1ccc2c(-c3nc(N[C@H]4CCCN(C(=O)OC(C)(C)C)C4)ncc3C)nn(C3CCCCO3)c2n1. The lowest BCUT2D eigenvalue weighted by molar-refractivity contribution is -0.0368. The maximum atomic E-state index is 12.6. The van der Waals surface area contributed by atoms with Crippen molar-refractivity contribution in [2.45, 2.75) is 77.7 Å². The molecule has 2 atom stereocenters. The third kappa shape index (κ3) is 5.55. The number of pyridine rings is 1. The van der Waals surface area contributed by atoms with Crippen LogP contribution in [0, 0.1) is 13.5 Å². The third-order valence-electron chi connectivity index (χ3n) is 6.69. The summed E-state index contributed by atoms with van der Waals surface area (Å²) in [4.78, 5) is 31.8. The van der Waals surface area contributed by atoms with Gasteiger partial charge in [0.2, 0.25) is 5.95 Å². The van der Waals surface area contributed by atoms with Gasteiger partial charge < -0.3 is 24.5 Å². The van der Waals surface area contributed by atoms with Crippen LogP contribution in [-0.4, -0.2) is 67.1 Å². The highest BCUT2D eigenvalue weighted by atomic mass is 16.6. The van der Waals surface area contributed by atoms with Crippen LogP contribution in [0.1, 0.15) is 64.7 Å². The number of aromatic nitrogens is 5. The number of nitrogens with zero attached hydrogens (tertiary/aromatic N) is 7. The number of nitrogens with one attached hydrogen (secondary N) is 1. The van der Waals surface area contributed by atoms with Gasteiger partial charge in [-0.3, -0.25) is 0 Å². The molecule has 3 aromatic rings. The molecule has 38 heavy (non-hydrogen) atoms. The largest absolute Gasteiger partial charge is 0.444 e. The molecular formula is C27H34N8O3. The lowest BCUT2D eigenvalue weighted by Gasteiger charge is -2.34. The van der Waals surface area contributed by atoms with Crippen molar-refractivity contribution < 1.29 is 14.3 Å². The fourth-order valence-corrected chi connectivity index (χ4v) is 4.88.